The molecule has 1 saturated heterocycles. The van der Waals surface area contributed by atoms with Gasteiger partial charge in [0, 0.05) is 37.3 Å². The minimum Gasteiger partial charge on any atom is -0.444 e. The number of rotatable bonds is 6. The Hall–Kier alpha value is -3.06. The van der Waals surface area contributed by atoms with Gasteiger partial charge in [0.1, 0.15) is 6.61 Å². The normalized spacial score (nSPS) is 15.9. The maximum Gasteiger partial charge on any atom is 0.411 e. The van der Waals surface area contributed by atoms with Gasteiger partial charge in [0.05, 0.1) is 5.92 Å². The number of hydrogen-bond acceptors (Lipinski definition) is 4. The molecule has 152 valence electrons. The second-order valence-corrected chi connectivity index (χ2v) is 7.35. The predicted molar refractivity (Wildman–Crippen MR) is 109 cm³/mol. The molecule has 2 aromatic carbocycles. The van der Waals surface area contributed by atoms with Crippen LogP contribution in [0.1, 0.15) is 17.5 Å². The first-order chi connectivity index (χ1) is 13.9. The first-order valence-electron chi connectivity index (χ1n) is 9.19. The van der Waals surface area contributed by atoms with Gasteiger partial charge in [-0.2, -0.15) is 0 Å². The highest BCUT2D eigenvalue weighted by molar-refractivity contribution is 6.30. The Balaban J connectivity index is 1.42. The van der Waals surface area contributed by atoms with Crippen LogP contribution in [0.25, 0.3) is 0 Å². The SMILES string of the molecule is CN1CC(C(=O)NCc2ccc(NC(=O)OCc3ccc(Cl)cc3)cc2)CC1=O. The molecule has 0 spiro atoms. The fourth-order valence-corrected chi connectivity index (χ4v) is 3.09. The lowest BCUT2D eigenvalue weighted by molar-refractivity contribution is -0.128. The third kappa shape index (κ3) is 5.96. The average Bonchev–Trinajstić information content (AvgIpc) is 3.05. The molecular weight excluding hydrogens is 394 g/mol. The van der Waals surface area contributed by atoms with Gasteiger partial charge >= 0.3 is 6.09 Å². The van der Waals surface area contributed by atoms with E-state index in [9.17, 15) is 14.4 Å². The number of nitrogens with zero attached hydrogens (tertiary/aromatic N) is 1. The number of anilines is 1. The average molecular weight is 416 g/mol. The molecular formula is C21H22ClN3O4. The van der Waals surface area contributed by atoms with Gasteiger partial charge in [0.15, 0.2) is 0 Å². The van der Waals surface area contributed by atoms with E-state index in [0.717, 1.165) is 11.1 Å². The summed E-state index contributed by atoms with van der Waals surface area (Å²) in [6, 6.07) is 14.1. The van der Waals surface area contributed by atoms with Crippen molar-refractivity contribution in [3.63, 3.8) is 0 Å². The van der Waals surface area contributed by atoms with Crippen molar-refractivity contribution in [1.29, 1.82) is 0 Å². The number of carbonyl (C=O) groups excluding carboxylic acids is 3. The molecule has 0 aliphatic carbocycles. The highest BCUT2D eigenvalue weighted by Gasteiger charge is 2.31. The third-order valence-corrected chi connectivity index (χ3v) is 4.91. The molecule has 0 aromatic heterocycles. The van der Waals surface area contributed by atoms with Gasteiger partial charge in [-0.1, -0.05) is 35.9 Å². The van der Waals surface area contributed by atoms with Crippen LogP contribution in [0.2, 0.25) is 5.02 Å². The van der Waals surface area contributed by atoms with Crippen molar-refractivity contribution >= 4 is 35.2 Å². The first-order valence-corrected chi connectivity index (χ1v) is 9.57. The number of hydrogen-bond donors (Lipinski definition) is 2. The second-order valence-electron chi connectivity index (χ2n) is 6.92. The molecule has 1 aliphatic heterocycles. The molecule has 2 aromatic rings. The molecule has 3 rings (SSSR count). The van der Waals surface area contributed by atoms with Crippen LogP contribution in [-0.2, 0) is 27.5 Å². The van der Waals surface area contributed by atoms with Crippen LogP contribution in [0.15, 0.2) is 48.5 Å². The molecule has 8 heteroatoms. The molecule has 3 amide bonds. The Morgan fingerprint density at radius 3 is 2.38 bits per heavy atom. The zero-order chi connectivity index (χ0) is 20.8. The quantitative estimate of drug-likeness (QED) is 0.758. The molecule has 7 nitrogen and oxygen atoms in total. The molecule has 1 fully saturated rings. The van der Waals surface area contributed by atoms with E-state index in [2.05, 4.69) is 10.6 Å². The Kier molecular flexibility index (Phi) is 6.72. The highest BCUT2D eigenvalue weighted by Crippen LogP contribution is 2.16. The molecule has 1 aliphatic rings. The van der Waals surface area contributed by atoms with Crippen LogP contribution < -0.4 is 10.6 Å². The summed E-state index contributed by atoms with van der Waals surface area (Å²) in [6.45, 7) is 0.951. The van der Waals surface area contributed by atoms with Crippen LogP contribution in [0.5, 0.6) is 0 Å². The first kappa shape index (κ1) is 20.7. The van der Waals surface area contributed by atoms with E-state index in [0.29, 0.717) is 23.8 Å². The second kappa shape index (κ2) is 9.43. The van der Waals surface area contributed by atoms with E-state index < -0.39 is 6.09 Å². The van der Waals surface area contributed by atoms with Crippen molar-refractivity contribution in [2.24, 2.45) is 5.92 Å². The minimum absolute atomic E-state index is 0.0106. The monoisotopic (exact) mass is 415 g/mol. The van der Waals surface area contributed by atoms with E-state index in [-0.39, 0.29) is 30.8 Å². The molecule has 0 radical (unpaired) electrons. The van der Waals surface area contributed by atoms with Crippen molar-refractivity contribution in [3.8, 4) is 0 Å². The van der Waals surface area contributed by atoms with Crippen molar-refractivity contribution < 1.29 is 19.1 Å². The van der Waals surface area contributed by atoms with E-state index in [1.807, 2.05) is 0 Å². The molecule has 1 unspecified atom stereocenters. The summed E-state index contributed by atoms with van der Waals surface area (Å²) < 4.78 is 5.17. The number of nitrogens with one attached hydrogen (secondary N) is 2. The molecule has 2 N–H and O–H groups in total. The number of amides is 3. The molecule has 1 atom stereocenters. The van der Waals surface area contributed by atoms with E-state index in [4.69, 9.17) is 16.3 Å². The van der Waals surface area contributed by atoms with Gasteiger partial charge in [-0.15, -0.1) is 0 Å². The topological polar surface area (TPSA) is 87.7 Å². The number of likely N-dealkylation sites (tertiary alicyclic amines) is 1. The Labute approximate surface area is 174 Å². The highest BCUT2D eigenvalue weighted by atomic mass is 35.5. The van der Waals surface area contributed by atoms with E-state index in [1.165, 1.54) is 0 Å². The maximum atomic E-state index is 12.2. The smallest absolute Gasteiger partial charge is 0.411 e. The number of carbonyl (C=O) groups is 3. The van der Waals surface area contributed by atoms with Crippen LogP contribution >= 0.6 is 11.6 Å². The molecule has 0 saturated carbocycles. The van der Waals surface area contributed by atoms with E-state index in [1.54, 1.807) is 60.5 Å². The predicted octanol–water partition coefficient (Wildman–Crippen LogP) is 3.18. The number of halogens is 1. The van der Waals surface area contributed by atoms with Crippen LogP contribution in [0, 0.1) is 5.92 Å². The Bertz CT molecular complexity index is 884. The molecule has 29 heavy (non-hydrogen) atoms. The van der Waals surface area contributed by atoms with Gasteiger partial charge in [-0.3, -0.25) is 14.9 Å². The van der Waals surface area contributed by atoms with Crippen LogP contribution in [-0.4, -0.2) is 36.4 Å². The largest absolute Gasteiger partial charge is 0.444 e. The third-order valence-electron chi connectivity index (χ3n) is 4.66. The summed E-state index contributed by atoms with van der Waals surface area (Å²) in [5, 5.41) is 6.12. The van der Waals surface area contributed by atoms with Crippen LogP contribution in [0.3, 0.4) is 0 Å². The lowest BCUT2D eigenvalue weighted by Gasteiger charge is -2.11. The fraction of sp³-hybridized carbons (Fsp3) is 0.286. The molecule has 1 heterocycles. The lowest BCUT2D eigenvalue weighted by atomic mass is 10.1. The maximum absolute atomic E-state index is 12.2. The Morgan fingerprint density at radius 1 is 1.10 bits per heavy atom. The van der Waals surface area contributed by atoms with Gasteiger partial charge in [-0.25, -0.2) is 4.79 Å². The van der Waals surface area contributed by atoms with Gasteiger partial charge in [0.2, 0.25) is 11.8 Å². The summed E-state index contributed by atoms with van der Waals surface area (Å²) in [7, 11) is 1.70. The van der Waals surface area contributed by atoms with Gasteiger partial charge in [0.25, 0.3) is 0 Å². The van der Waals surface area contributed by atoms with Crippen molar-refractivity contribution in [3.05, 3.63) is 64.7 Å². The van der Waals surface area contributed by atoms with Crippen molar-refractivity contribution in [2.45, 2.75) is 19.6 Å². The van der Waals surface area contributed by atoms with E-state index >= 15 is 0 Å². The summed E-state index contributed by atoms with van der Waals surface area (Å²) in [5.74, 6) is -0.442. The minimum atomic E-state index is -0.559. The summed E-state index contributed by atoms with van der Waals surface area (Å²) >= 11 is 5.82. The molecule has 0 bridgehead atoms. The summed E-state index contributed by atoms with van der Waals surface area (Å²) in [6.07, 6.45) is -0.306. The zero-order valence-electron chi connectivity index (χ0n) is 16.0. The summed E-state index contributed by atoms with van der Waals surface area (Å²) in [4.78, 5) is 37.2. The Morgan fingerprint density at radius 2 is 1.76 bits per heavy atom. The summed E-state index contributed by atoms with van der Waals surface area (Å²) in [5.41, 5.74) is 2.31. The van der Waals surface area contributed by atoms with Gasteiger partial charge < -0.3 is 15.0 Å². The lowest BCUT2D eigenvalue weighted by Crippen LogP contribution is -2.31. The van der Waals surface area contributed by atoms with Crippen molar-refractivity contribution in [2.75, 3.05) is 18.9 Å². The van der Waals surface area contributed by atoms with Gasteiger partial charge in [-0.05, 0) is 35.4 Å². The van der Waals surface area contributed by atoms with Crippen molar-refractivity contribution in [1.82, 2.24) is 10.2 Å². The number of benzene rings is 2. The number of ether oxygens (including phenoxy) is 1. The standard InChI is InChI=1S/C21H22ClN3O4/c1-25-12-16(10-19(25)26)20(27)23-11-14-4-8-18(9-5-14)24-21(28)29-13-15-2-6-17(22)7-3-15/h2-9,16H,10-13H2,1H3,(H,23,27)(H,24,28). The fourth-order valence-electron chi connectivity index (χ4n) is 2.96. The van der Waals surface area contributed by atoms with Crippen LogP contribution in [0.4, 0.5) is 10.5 Å². The zero-order valence-corrected chi connectivity index (χ0v) is 16.7.